The number of nitrogens with one attached hydrogen (secondary N) is 1. The topological polar surface area (TPSA) is 104 Å². The highest BCUT2D eigenvalue weighted by Crippen LogP contribution is 2.35. The highest BCUT2D eigenvalue weighted by atomic mass is 35.5. The number of phenolic OH excluding ortho intramolecular Hbond substituents is 1. The number of aromatic nitrogens is 4. The Morgan fingerprint density at radius 2 is 1.76 bits per heavy atom. The molecule has 0 atom stereocenters. The number of aromatic amines is 1. The summed E-state index contributed by atoms with van der Waals surface area (Å²) in [6.45, 7) is 1.76. The summed E-state index contributed by atoms with van der Waals surface area (Å²) in [6.07, 6.45) is 0.629. The third kappa shape index (κ3) is 4.85. The van der Waals surface area contributed by atoms with Gasteiger partial charge in [0.05, 0.1) is 21.8 Å². The van der Waals surface area contributed by atoms with E-state index >= 15 is 0 Å². The molecular formula is C22H16ClF3N4O3. The van der Waals surface area contributed by atoms with E-state index in [0.717, 1.165) is 12.3 Å². The summed E-state index contributed by atoms with van der Waals surface area (Å²) in [4.78, 5) is 15.0. The first-order chi connectivity index (χ1) is 15.6. The van der Waals surface area contributed by atoms with Gasteiger partial charge in [-0.15, -0.1) is 0 Å². The van der Waals surface area contributed by atoms with Crippen LogP contribution in [0.25, 0.3) is 22.6 Å². The van der Waals surface area contributed by atoms with Crippen molar-refractivity contribution in [3.63, 3.8) is 0 Å². The molecule has 0 aliphatic rings. The minimum absolute atomic E-state index is 0.00395. The number of nitrogens with zero attached hydrogens (tertiary/aromatic N) is 3. The van der Waals surface area contributed by atoms with Gasteiger partial charge in [-0.1, -0.05) is 11.6 Å². The van der Waals surface area contributed by atoms with E-state index in [1.165, 1.54) is 12.3 Å². The zero-order valence-corrected chi connectivity index (χ0v) is 17.7. The van der Waals surface area contributed by atoms with Gasteiger partial charge in [-0.2, -0.15) is 13.2 Å². The van der Waals surface area contributed by atoms with Gasteiger partial charge in [0.2, 0.25) is 5.88 Å². The second kappa shape index (κ2) is 8.62. The van der Waals surface area contributed by atoms with Crippen molar-refractivity contribution in [2.45, 2.75) is 19.7 Å². The van der Waals surface area contributed by atoms with Gasteiger partial charge in [-0.05, 0) is 30.7 Å². The molecular weight excluding hydrogens is 461 g/mol. The van der Waals surface area contributed by atoms with Gasteiger partial charge in [-0.25, -0.2) is 15.0 Å². The van der Waals surface area contributed by atoms with Crippen molar-refractivity contribution in [3.8, 4) is 40.0 Å². The van der Waals surface area contributed by atoms with Crippen LogP contribution in [0.15, 0.2) is 49.1 Å². The van der Waals surface area contributed by atoms with Crippen LogP contribution in [-0.2, 0) is 12.8 Å². The molecule has 0 amide bonds. The Kier molecular flexibility index (Phi) is 5.86. The van der Waals surface area contributed by atoms with E-state index < -0.39 is 11.7 Å². The average Bonchev–Trinajstić information content (AvgIpc) is 3.27. The fourth-order valence-corrected chi connectivity index (χ4v) is 3.29. The highest BCUT2D eigenvalue weighted by molar-refractivity contribution is 6.32. The van der Waals surface area contributed by atoms with Crippen LogP contribution in [0.4, 0.5) is 13.2 Å². The summed E-state index contributed by atoms with van der Waals surface area (Å²) in [5.74, 6) is 0.197. The lowest BCUT2D eigenvalue weighted by atomic mass is 10.1. The van der Waals surface area contributed by atoms with Crippen molar-refractivity contribution >= 4 is 11.6 Å². The molecule has 0 saturated carbocycles. The minimum atomic E-state index is -4.49. The largest absolute Gasteiger partial charge is 0.507 e. The molecule has 0 unspecified atom stereocenters. The lowest BCUT2D eigenvalue weighted by Gasteiger charge is -2.09. The monoisotopic (exact) mass is 476 g/mol. The molecule has 11 heteroatoms. The van der Waals surface area contributed by atoms with Gasteiger partial charge in [0.15, 0.2) is 5.82 Å². The van der Waals surface area contributed by atoms with Crippen molar-refractivity contribution in [2.75, 3.05) is 0 Å². The summed E-state index contributed by atoms with van der Waals surface area (Å²) >= 11 is 6.00. The van der Waals surface area contributed by atoms with E-state index in [0.29, 0.717) is 22.5 Å². The second-order valence-corrected chi connectivity index (χ2v) is 7.57. The molecule has 0 spiro atoms. The Hall–Kier alpha value is -3.79. The molecule has 4 rings (SSSR count). The van der Waals surface area contributed by atoms with E-state index in [1.807, 2.05) is 0 Å². The van der Waals surface area contributed by atoms with Crippen molar-refractivity contribution in [1.29, 1.82) is 0 Å². The lowest BCUT2D eigenvalue weighted by molar-refractivity contribution is -0.137. The summed E-state index contributed by atoms with van der Waals surface area (Å²) in [5.41, 5.74) is 1.18. The standard InChI is InChI=1S/C22H16ClF3N4O3/c1-11-2-13(3-16(23)20(11)32)21-29-6-12(7-30-21)10-33-19-5-18(31)15(9-28-19)17-4-14(8-27-17)22(24,25)26/h2-9,27,32H,10H2,1H3,(H,28,31). The average molecular weight is 477 g/mol. The van der Waals surface area contributed by atoms with Crippen LogP contribution in [-0.4, -0.2) is 30.1 Å². The maximum atomic E-state index is 12.8. The molecule has 0 saturated heterocycles. The van der Waals surface area contributed by atoms with E-state index in [1.54, 1.807) is 31.5 Å². The number of pyridine rings is 1. The summed E-state index contributed by atoms with van der Waals surface area (Å²) in [5, 5.41) is 20.2. The van der Waals surface area contributed by atoms with Crippen LogP contribution in [0.2, 0.25) is 5.02 Å². The Balaban J connectivity index is 1.44. The number of aryl methyl sites for hydroxylation is 1. The SMILES string of the molecule is Cc1cc(-c2ncc(COc3cc(O)c(-c4cc(C(F)(F)F)c[nH]4)cn3)cn2)cc(Cl)c1O. The molecule has 7 nitrogen and oxygen atoms in total. The quantitative estimate of drug-likeness (QED) is 0.351. The fraction of sp³-hybridized carbons (Fsp3) is 0.136. The molecule has 0 aliphatic heterocycles. The first-order valence-electron chi connectivity index (χ1n) is 9.50. The predicted molar refractivity (Wildman–Crippen MR) is 114 cm³/mol. The first-order valence-corrected chi connectivity index (χ1v) is 9.88. The third-order valence-corrected chi connectivity index (χ3v) is 5.05. The number of alkyl halides is 3. The minimum Gasteiger partial charge on any atom is -0.507 e. The van der Waals surface area contributed by atoms with Gasteiger partial charge in [0.1, 0.15) is 18.1 Å². The van der Waals surface area contributed by atoms with Crippen molar-refractivity contribution in [2.24, 2.45) is 0 Å². The first kappa shape index (κ1) is 22.4. The van der Waals surface area contributed by atoms with E-state index in [2.05, 4.69) is 19.9 Å². The molecule has 3 heterocycles. The van der Waals surface area contributed by atoms with Crippen LogP contribution in [0, 0.1) is 6.92 Å². The Bertz CT molecular complexity index is 1280. The van der Waals surface area contributed by atoms with Gasteiger partial charge in [0, 0.05) is 42.0 Å². The van der Waals surface area contributed by atoms with Crippen LogP contribution in [0.5, 0.6) is 17.4 Å². The van der Waals surface area contributed by atoms with Crippen LogP contribution < -0.4 is 4.74 Å². The number of aromatic hydroxyl groups is 2. The zero-order valence-electron chi connectivity index (χ0n) is 17.0. The normalized spacial score (nSPS) is 11.5. The molecule has 170 valence electrons. The van der Waals surface area contributed by atoms with Crippen LogP contribution in [0.3, 0.4) is 0 Å². The molecule has 0 radical (unpaired) electrons. The number of hydrogen-bond acceptors (Lipinski definition) is 6. The van der Waals surface area contributed by atoms with E-state index in [-0.39, 0.29) is 40.3 Å². The van der Waals surface area contributed by atoms with Crippen molar-refractivity contribution in [1.82, 2.24) is 19.9 Å². The predicted octanol–water partition coefficient (Wildman–Crippen LogP) is 5.50. The van der Waals surface area contributed by atoms with Gasteiger partial charge in [0.25, 0.3) is 0 Å². The van der Waals surface area contributed by atoms with E-state index in [4.69, 9.17) is 16.3 Å². The number of halogens is 4. The van der Waals surface area contributed by atoms with Gasteiger partial charge in [-0.3, -0.25) is 0 Å². The molecule has 3 aromatic heterocycles. The molecule has 1 aromatic carbocycles. The van der Waals surface area contributed by atoms with Crippen molar-refractivity contribution < 1.29 is 28.1 Å². The van der Waals surface area contributed by atoms with E-state index in [9.17, 15) is 23.4 Å². The van der Waals surface area contributed by atoms with Gasteiger partial charge < -0.3 is 19.9 Å². The molecule has 33 heavy (non-hydrogen) atoms. The maximum Gasteiger partial charge on any atom is 0.417 e. The number of benzene rings is 1. The zero-order chi connectivity index (χ0) is 23.8. The summed E-state index contributed by atoms with van der Waals surface area (Å²) in [7, 11) is 0. The smallest absolute Gasteiger partial charge is 0.417 e. The maximum absolute atomic E-state index is 12.8. The number of hydrogen-bond donors (Lipinski definition) is 3. The molecule has 0 bridgehead atoms. The fourth-order valence-electron chi connectivity index (χ4n) is 3.03. The van der Waals surface area contributed by atoms with Gasteiger partial charge >= 0.3 is 6.18 Å². The number of ether oxygens (including phenoxy) is 1. The number of phenols is 1. The number of rotatable bonds is 5. The summed E-state index contributed by atoms with van der Waals surface area (Å²) < 4.78 is 43.8. The molecule has 0 fully saturated rings. The highest BCUT2D eigenvalue weighted by Gasteiger charge is 2.32. The van der Waals surface area contributed by atoms with Crippen LogP contribution in [0.1, 0.15) is 16.7 Å². The third-order valence-electron chi connectivity index (χ3n) is 4.76. The second-order valence-electron chi connectivity index (χ2n) is 7.17. The van der Waals surface area contributed by atoms with Crippen molar-refractivity contribution in [3.05, 3.63) is 70.8 Å². The Morgan fingerprint density at radius 3 is 2.36 bits per heavy atom. The molecule has 3 N–H and O–H groups in total. The lowest BCUT2D eigenvalue weighted by Crippen LogP contribution is -2.02. The Morgan fingerprint density at radius 1 is 1.03 bits per heavy atom. The Labute approximate surface area is 190 Å². The summed E-state index contributed by atoms with van der Waals surface area (Å²) in [6, 6.07) is 5.37. The van der Waals surface area contributed by atoms with Crippen LogP contribution >= 0.6 is 11.6 Å². The molecule has 0 aliphatic carbocycles. The molecule has 4 aromatic rings. The number of H-pyrrole nitrogens is 1.